The summed E-state index contributed by atoms with van der Waals surface area (Å²) in [5.41, 5.74) is 0.264. The van der Waals surface area contributed by atoms with Gasteiger partial charge in [-0.2, -0.15) is 0 Å². The Morgan fingerprint density at radius 3 is 2.30 bits per heavy atom. The van der Waals surface area contributed by atoms with Crippen LogP contribution in [0.1, 0.15) is 0 Å². The van der Waals surface area contributed by atoms with E-state index in [0.29, 0.717) is 10.8 Å². The molecule has 0 heterocycles. The van der Waals surface area contributed by atoms with Gasteiger partial charge in [0.25, 0.3) is 5.91 Å². The van der Waals surface area contributed by atoms with Crippen LogP contribution in [0.3, 0.4) is 0 Å². The second kappa shape index (κ2) is 7.17. The first-order valence-electron chi connectivity index (χ1n) is 5.80. The number of nitrogens with two attached hydrogens (primary N) is 1. The second-order valence-corrected chi connectivity index (χ2v) is 4.09. The zero-order chi connectivity index (χ0) is 15.3. The Morgan fingerprint density at radius 1 is 1.30 bits per heavy atom. The van der Waals surface area contributed by atoms with Gasteiger partial charge < -0.3 is 25.2 Å². The topological polar surface area (TPSA) is 136 Å². The summed E-state index contributed by atoms with van der Waals surface area (Å²) < 4.78 is 4.95. The van der Waals surface area contributed by atoms with Crippen LogP contribution < -0.4 is 15.6 Å². The predicted octanol–water partition coefficient (Wildman–Crippen LogP) is -2.02. The lowest BCUT2D eigenvalue weighted by molar-refractivity contribution is -0.139. The van der Waals surface area contributed by atoms with Crippen molar-refractivity contribution in [3.8, 4) is 5.75 Å². The minimum atomic E-state index is -1.95. The highest BCUT2D eigenvalue weighted by Crippen LogP contribution is 2.18. The van der Waals surface area contributed by atoms with Crippen LogP contribution in [0.5, 0.6) is 5.75 Å². The molecule has 0 aliphatic carbocycles. The fourth-order valence-electron chi connectivity index (χ4n) is 1.48. The number of nitrogens with zero attached hydrogens (tertiary/aromatic N) is 1. The van der Waals surface area contributed by atoms with Gasteiger partial charge in [0, 0.05) is 0 Å². The Kier molecular flexibility index (Phi) is 5.86. The molecule has 0 saturated heterocycles. The molecule has 112 valence electrons. The van der Waals surface area contributed by atoms with Crippen molar-refractivity contribution in [2.45, 2.75) is 18.3 Å². The zero-order valence-electron chi connectivity index (χ0n) is 10.9. The van der Waals surface area contributed by atoms with Crippen LogP contribution in [-0.4, -0.2) is 58.4 Å². The van der Waals surface area contributed by atoms with Gasteiger partial charge >= 0.3 is 0 Å². The standard InChI is InChI=1S/C12H18N2O6/c1-20-8-4-2-7(3-5-8)14(13)12(19)11(18)10(17)9(16)6-15/h2-5,9-11,15-18H,6,13H2,1H3/t9-,10+,11+/m1/s1. The molecule has 0 aliphatic heterocycles. The van der Waals surface area contributed by atoms with E-state index in [-0.39, 0.29) is 5.69 Å². The minimum Gasteiger partial charge on any atom is -0.497 e. The molecule has 0 bridgehead atoms. The number of aliphatic hydroxyl groups is 4. The van der Waals surface area contributed by atoms with E-state index < -0.39 is 30.8 Å². The predicted molar refractivity (Wildman–Crippen MR) is 69.8 cm³/mol. The van der Waals surface area contributed by atoms with Crippen LogP contribution in [0.4, 0.5) is 5.69 Å². The Hall–Kier alpha value is -1.71. The molecular formula is C12H18N2O6. The van der Waals surface area contributed by atoms with E-state index in [1.807, 2.05) is 0 Å². The van der Waals surface area contributed by atoms with E-state index in [1.165, 1.54) is 19.2 Å². The molecule has 0 unspecified atom stereocenters. The number of ether oxygens (including phenoxy) is 1. The van der Waals surface area contributed by atoms with E-state index in [4.69, 9.17) is 15.7 Å². The molecule has 0 aliphatic rings. The van der Waals surface area contributed by atoms with E-state index in [1.54, 1.807) is 12.1 Å². The summed E-state index contributed by atoms with van der Waals surface area (Å²) in [7, 11) is 1.48. The van der Waals surface area contributed by atoms with Crippen LogP contribution in [0.2, 0.25) is 0 Å². The van der Waals surface area contributed by atoms with Gasteiger partial charge in [0.1, 0.15) is 18.0 Å². The summed E-state index contributed by atoms with van der Waals surface area (Å²) in [6.07, 6.45) is -5.43. The second-order valence-electron chi connectivity index (χ2n) is 4.09. The van der Waals surface area contributed by atoms with Crippen molar-refractivity contribution < 1.29 is 30.0 Å². The van der Waals surface area contributed by atoms with E-state index in [2.05, 4.69) is 0 Å². The fourth-order valence-corrected chi connectivity index (χ4v) is 1.48. The van der Waals surface area contributed by atoms with Gasteiger partial charge in [0.05, 0.1) is 19.4 Å². The number of rotatable bonds is 6. The molecule has 1 rings (SSSR count). The Morgan fingerprint density at radius 2 is 1.85 bits per heavy atom. The number of anilines is 1. The number of aliphatic hydroxyl groups excluding tert-OH is 4. The largest absolute Gasteiger partial charge is 0.497 e. The van der Waals surface area contributed by atoms with Crippen molar-refractivity contribution in [1.82, 2.24) is 0 Å². The minimum absolute atomic E-state index is 0.264. The number of carbonyl (C=O) groups is 1. The molecule has 20 heavy (non-hydrogen) atoms. The van der Waals surface area contributed by atoms with Gasteiger partial charge in [-0.25, -0.2) is 10.9 Å². The smallest absolute Gasteiger partial charge is 0.272 e. The number of hydrogen-bond donors (Lipinski definition) is 5. The monoisotopic (exact) mass is 286 g/mol. The first kappa shape index (κ1) is 16.3. The van der Waals surface area contributed by atoms with E-state index in [9.17, 15) is 20.1 Å². The van der Waals surface area contributed by atoms with Gasteiger partial charge in [-0.1, -0.05) is 0 Å². The molecular weight excluding hydrogens is 268 g/mol. The lowest BCUT2D eigenvalue weighted by Gasteiger charge is -2.25. The average Bonchev–Trinajstić information content (AvgIpc) is 2.51. The maximum Gasteiger partial charge on any atom is 0.272 e. The lowest BCUT2D eigenvalue weighted by Crippen LogP contribution is -2.52. The highest BCUT2D eigenvalue weighted by Gasteiger charge is 2.32. The third kappa shape index (κ3) is 3.65. The third-order valence-electron chi connectivity index (χ3n) is 2.75. The summed E-state index contributed by atoms with van der Waals surface area (Å²) >= 11 is 0. The van der Waals surface area contributed by atoms with Crippen molar-refractivity contribution in [1.29, 1.82) is 0 Å². The zero-order valence-corrected chi connectivity index (χ0v) is 10.9. The molecule has 1 aromatic carbocycles. The maximum absolute atomic E-state index is 11.8. The van der Waals surface area contributed by atoms with Gasteiger partial charge in [0.15, 0.2) is 6.10 Å². The molecule has 0 spiro atoms. The highest BCUT2D eigenvalue weighted by molar-refractivity contribution is 5.95. The van der Waals surface area contributed by atoms with E-state index in [0.717, 1.165) is 0 Å². The van der Waals surface area contributed by atoms with Crippen LogP contribution in [-0.2, 0) is 4.79 Å². The molecule has 8 heteroatoms. The SMILES string of the molecule is COc1ccc(N(N)C(=O)[C@@H](O)[C@@H](O)[C@H](O)CO)cc1. The molecule has 0 aromatic heterocycles. The van der Waals surface area contributed by atoms with Gasteiger partial charge in [-0.15, -0.1) is 0 Å². The quantitative estimate of drug-likeness (QED) is 0.231. The van der Waals surface area contributed by atoms with E-state index >= 15 is 0 Å². The molecule has 1 amide bonds. The molecule has 8 nitrogen and oxygen atoms in total. The first-order valence-corrected chi connectivity index (χ1v) is 5.80. The van der Waals surface area contributed by atoms with Crippen molar-refractivity contribution in [3.05, 3.63) is 24.3 Å². The van der Waals surface area contributed by atoms with Crippen LogP contribution in [0, 0.1) is 0 Å². The Bertz CT molecular complexity index is 438. The van der Waals surface area contributed by atoms with Crippen molar-refractivity contribution in [2.24, 2.45) is 5.84 Å². The van der Waals surface area contributed by atoms with Gasteiger partial charge in [0.2, 0.25) is 0 Å². The normalized spacial score (nSPS) is 15.3. The summed E-state index contributed by atoms with van der Waals surface area (Å²) in [5.74, 6) is 5.08. The first-order chi connectivity index (χ1) is 9.42. The molecule has 6 N–H and O–H groups in total. The van der Waals surface area contributed by atoms with Gasteiger partial charge in [-0.3, -0.25) is 4.79 Å². The number of carbonyl (C=O) groups excluding carboxylic acids is 1. The maximum atomic E-state index is 11.8. The molecule has 0 radical (unpaired) electrons. The fraction of sp³-hybridized carbons (Fsp3) is 0.417. The molecule has 3 atom stereocenters. The Labute approximate surface area is 115 Å². The van der Waals surface area contributed by atoms with Crippen LogP contribution in [0.15, 0.2) is 24.3 Å². The average molecular weight is 286 g/mol. The summed E-state index contributed by atoms with van der Waals surface area (Å²) in [4.78, 5) is 11.8. The third-order valence-corrected chi connectivity index (χ3v) is 2.75. The number of hydrazine groups is 1. The van der Waals surface area contributed by atoms with Crippen molar-refractivity contribution in [2.75, 3.05) is 18.7 Å². The highest BCUT2D eigenvalue weighted by atomic mass is 16.5. The summed E-state index contributed by atoms with van der Waals surface area (Å²) in [6, 6.07) is 6.10. The number of benzene rings is 1. The number of amides is 1. The summed E-state index contributed by atoms with van der Waals surface area (Å²) in [6.45, 7) is -0.793. The van der Waals surface area contributed by atoms with Crippen LogP contribution in [0.25, 0.3) is 0 Å². The lowest BCUT2D eigenvalue weighted by atomic mass is 10.1. The van der Waals surface area contributed by atoms with Crippen LogP contribution >= 0.6 is 0 Å². The van der Waals surface area contributed by atoms with Gasteiger partial charge in [-0.05, 0) is 24.3 Å². The molecule has 0 saturated carbocycles. The summed E-state index contributed by atoms with van der Waals surface area (Å²) in [5, 5.41) is 37.5. The molecule has 0 fully saturated rings. The molecule has 1 aromatic rings. The number of methoxy groups -OCH3 is 1. The number of hydrogen-bond acceptors (Lipinski definition) is 7. The van der Waals surface area contributed by atoms with Crippen molar-refractivity contribution in [3.63, 3.8) is 0 Å². The van der Waals surface area contributed by atoms with Crippen molar-refractivity contribution >= 4 is 11.6 Å². The Balaban J connectivity index is 2.79.